The van der Waals surface area contributed by atoms with Crippen LogP contribution in [0.25, 0.3) is 0 Å². The second-order valence-electron chi connectivity index (χ2n) is 5.09. The molecule has 2 heterocycles. The maximum Gasteiger partial charge on any atom is 0.268 e. The number of ether oxygens (including phenoxy) is 1. The molecule has 1 aromatic carbocycles. The summed E-state index contributed by atoms with van der Waals surface area (Å²) in [4.78, 5) is 15.2. The number of hydrogen-bond donors (Lipinski definition) is 1. The Morgan fingerprint density at radius 2 is 2.32 bits per heavy atom. The third kappa shape index (κ3) is 2.84. The molecule has 1 aliphatic rings. The second kappa shape index (κ2) is 6.46. The van der Waals surface area contributed by atoms with Gasteiger partial charge in [0.15, 0.2) is 0 Å². The first-order valence-corrected chi connectivity index (χ1v) is 7.97. The second-order valence-corrected chi connectivity index (χ2v) is 6.01. The molecule has 1 fully saturated rings. The van der Waals surface area contributed by atoms with Crippen LogP contribution in [-0.4, -0.2) is 37.6 Å². The largest absolute Gasteiger partial charge is 0.495 e. The Morgan fingerprint density at radius 1 is 1.45 bits per heavy atom. The Labute approximate surface area is 132 Å². The highest BCUT2D eigenvalue weighted by atomic mass is 32.1. The first kappa shape index (κ1) is 15.0. The van der Waals surface area contributed by atoms with E-state index in [1.807, 2.05) is 11.4 Å². The van der Waals surface area contributed by atoms with Gasteiger partial charge < -0.3 is 15.0 Å². The summed E-state index contributed by atoms with van der Waals surface area (Å²) in [6.45, 7) is 1.93. The molecule has 4 nitrogen and oxygen atoms in total. The Morgan fingerprint density at radius 3 is 3.09 bits per heavy atom. The molecule has 0 aliphatic carbocycles. The highest BCUT2D eigenvalue weighted by Crippen LogP contribution is 2.30. The molecule has 1 atom stereocenters. The lowest BCUT2D eigenvalue weighted by Crippen LogP contribution is -2.48. The van der Waals surface area contributed by atoms with Gasteiger partial charge in [0.25, 0.3) is 5.91 Å². The first-order valence-electron chi connectivity index (χ1n) is 7.09. The lowest BCUT2D eigenvalue weighted by Gasteiger charge is -2.36. The highest BCUT2D eigenvalue weighted by Gasteiger charge is 2.30. The van der Waals surface area contributed by atoms with Crippen LogP contribution in [0, 0.1) is 5.82 Å². The van der Waals surface area contributed by atoms with Crippen molar-refractivity contribution >= 4 is 17.2 Å². The molecule has 22 heavy (non-hydrogen) atoms. The predicted octanol–water partition coefficient (Wildman–Crippen LogP) is 2.68. The van der Waals surface area contributed by atoms with Gasteiger partial charge in [-0.05, 0) is 29.1 Å². The average Bonchev–Trinajstić information content (AvgIpc) is 3.03. The maximum absolute atomic E-state index is 13.5. The van der Waals surface area contributed by atoms with Gasteiger partial charge in [0.1, 0.15) is 16.4 Å². The van der Waals surface area contributed by atoms with Crippen LogP contribution in [0.3, 0.4) is 0 Å². The number of carbonyl (C=O) groups excluding carboxylic acids is 1. The summed E-state index contributed by atoms with van der Waals surface area (Å²) in [5.41, 5.74) is 0.802. The number of thiophene rings is 1. The van der Waals surface area contributed by atoms with E-state index in [0.717, 1.165) is 12.1 Å². The smallest absolute Gasteiger partial charge is 0.268 e. The van der Waals surface area contributed by atoms with Gasteiger partial charge in [-0.1, -0.05) is 12.1 Å². The summed E-state index contributed by atoms with van der Waals surface area (Å²) in [6.07, 6.45) is 0. The molecule has 0 spiro atoms. The van der Waals surface area contributed by atoms with Gasteiger partial charge in [0, 0.05) is 19.6 Å². The molecule has 0 bridgehead atoms. The molecule has 1 saturated heterocycles. The molecule has 1 N–H and O–H groups in total. The molecule has 1 amide bonds. The minimum atomic E-state index is -0.288. The summed E-state index contributed by atoms with van der Waals surface area (Å²) in [7, 11) is 1.56. The van der Waals surface area contributed by atoms with E-state index in [2.05, 4.69) is 5.32 Å². The van der Waals surface area contributed by atoms with Gasteiger partial charge in [-0.2, -0.15) is 0 Å². The normalized spacial score (nSPS) is 18.3. The van der Waals surface area contributed by atoms with Crippen molar-refractivity contribution in [3.8, 4) is 5.75 Å². The van der Waals surface area contributed by atoms with Gasteiger partial charge in [-0.25, -0.2) is 4.39 Å². The van der Waals surface area contributed by atoms with Crippen molar-refractivity contribution in [2.24, 2.45) is 0 Å². The number of nitrogens with one attached hydrogen (secondary N) is 1. The fraction of sp³-hybridized carbons (Fsp3) is 0.312. The molecule has 116 valence electrons. The van der Waals surface area contributed by atoms with Gasteiger partial charge in [-0.15, -0.1) is 11.3 Å². The lowest BCUT2D eigenvalue weighted by atomic mass is 10.0. The lowest BCUT2D eigenvalue weighted by molar-refractivity contribution is 0.0636. The number of amides is 1. The van der Waals surface area contributed by atoms with Gasteiger partial charge >= 0.3 is 0 Å². The molecule has 3 rings (SSSR count). The average molecular weight is 320 g/mol. The van der Waals surface area contributed by atoms with Crippen molar-refractivity contribution in [3.05, 3.63) is 52.0 Å². The van der Waals surface area contributed by atoms with Crippen LogP contribution in [0.2, 0.25) is 0 Å². The Bertz CT molecular complexity index is 674. The zero-order chi connectivity index (χ0) is 15.5. The quantitative estimate of drug-likeness (QED) is 0.945. The van der Waals surface area contributed by atoms with E-state index in [0.29, 0.717) is 23.7 Å². The molecule has 6 heteroatoms. The SMILES string of the molecule is COc1ccsc1C(=O)N1CCNCC1c1cccc(F)c1. The zero-order valence-electron chi connectivity index (χ0n) is 12.2. The third-order valence-electron chi connectivity index (χ3n) is 3.78. The summed E-state index contributed by atoms with van der Waals surface area (Å²) in [5, 5.41) is 5.11. The van der Waals surface area contributed by atoms with Crippen LogP contribution in [0.1, 0.15) is 21.3 Å². The molecule has 2 aromatic rings. The minimum Gasteiger partial charge on any atom is -0.495 e. The Kier molecular flexibility index (Phi) is 4.40. The molecular formula is C16H17FN2O2S. The van der Waals surface area contributed by atoms with Crippen molar-refractivity contribution in [3.63, 3.8) is 0 Å². The van der Waals surface area contributed by atoms with E-state index in [4.69, 9.17) is 4.74 Å². The van der Waals surface area contributed by atoms with Crippen LogP contribution >= 0.6 is 11.3 Å². The molecule has 1 aliphatic heterocycles. The number of halogens is 1. The van der Waals surface area contributed by atoms with Crippen molar-refractivity contribution in [1.29, 1.82) is 0 Å². The van der Waals surface area contributed by atoms with E-state index in [-0.39, 0.29) is 17.8 Å². The summed E-state index contributed by atoms with van der Waals surface area (Å²) in [6, 6.07) is 8.04. The fourth-order valence-electron chi connectivity index (χ4n) is 2.70. The number of nitrogens with zero attached hydrogens (tertiary/aromatic N) is 1. The standard InChI is InChI=1S/C16H17FN2O2S/c1-21-14-5-8-22-15(14)16(20)19-7-6-18-10-13(19)11-3-2-4-12(17)9-11/h2-5,8-9,13,18H,6-7,10H2,1H3. The van der Waals surface area contributed by atoms with E-state index in [1.165, 1.54) is 23.5 Å². The van der Waals surface area contributed by atoms with Crippen molar-refractivity contribution < 1.29 is 13.9 Å². The number of piperazine rings is 1. The third-order valence-corrected chi connectivity index (χ3v) is 4.66. The van der Waals surface area contributed by atoms with Crippen molar-refractivity contribution in [2.75, 3.05) is 26.7 Å². The van der Waals surface area contributed by atoms with Gasteiger partial charge in [0.05, 0.1) is 13.2 Å². The van der Waals surface area contributed by atoms with E-state index < -0.39 is 0 Å². The number of hydrogen-bond acceptors (Lipinski definition) is 4. The summed E-state index contributed by atoms with van der Waals surface area (Å²) >= 11 is 1.37. The number of rotatable bonds is 3. The first-order chi connectivity index (χ1) is 10.7. The van der Waals surface area contributed by atoms with E-state index in [1.54, 1.807) is 24.1 Å². The molecule has 0 saturated carbocycles. The van der Waals surface area contributed by atoms with Crippen LogP contribution in [0.4, 0.5) is 4.39 Å². The topological polar surface area (TPSA) is 41.6 Å². The minimum absolute atomic E-state index is 0.0670. The Balaban J connectivity index is 1.91. The monoisotopic (exact) mass is 320 g/mol. The number of carbonyl (C=O) groups is 1. The predicted molar refractivity (Wildman–Crippen MR) is 83.9 cm³/mol. The van der Waals surface area contributed by atoms with Crippen LogP contribution in [0.5, 0.6) is 5.75 Å². The molecular weight excluding hydrogens is 303 g/mol. The molecule has 1 unspecified atom stereocenters. The van der Waals surface area contributed by atoms with Crippen molar-refractivity contribution in [1.82, 2.24) is 10.2 Å². The fourth-order valence-corrected chi connectivity index (χ4v) is 3.52. The number of benzene rings is 1. The summed E-state index contributed by atoms with van der Waals surface area (Å²) < 4.78 is 18.7. The maximum atomic E-state index is 13.5. The number of methoxy groups -OCH3 is 1. The Hall–Kier alpha value is -1.92. The van der Waals surface area contributed by atoms with Crippen LogP contribution in [0.15, 0.2) is 35.7 Å². The van der Waals surface area contributed by atoms with Crippen LogP contribution < -0.4 is 10.1 Å². The highest BCUT2D eigenvalue weighted by molar-refractivity contribution is 7.12. The van der Waals surface area contributed by atoms with Crippen LogP contribution in [-0.2, 0) is 0 Å². The van der Waals surface area contributed by atoms with Gasteiger partial charge in [-0.3, -0.25) is 4.79 Å². The van der Waals surface area contributed by atoms with E-state index >= 15 is 0 Å². The van der Waals surface area contributed by atoms with Gasteiger partial charge in [0.2, 0.25) is 0 Å². The van der Waals surface area contributed by atoms with E-state index in [9.17, 15) is 9.18 Å². The van der Waals surface area contributed by atoms with Crippen molar-refractivity contribution in [2.45, 2.75) is 6.04 Å². The molecule has 1 aromatic heterocycles. The zero-order valence-corrected chi connectivity index (χ0v) is 13.0. The summed E-state index contributed by atoms with van der Waals surface area (Å²) in [5.74, 6) is 0.235. The molecule has 0 radical (unpaired) electrons.